The molecule has 0 aliphatic carbocycles. The van der Waals surface area contributed by atoms with Crippen molar-refractivity contribution in [2.75, 3.05) is 11.4 Å². The number of carbonyl (C=O) groups excluding carboxylic acids is 3. The van der Waals surface area contributed by atoms with E-state index in [9.17, 15) is 14.4 Å². The van der Waals surface area contributed by atoms with E-state index in [1.807, 2.05) is 48.5 Å². The molecule has 174 valence electrons. The molecule has 34 heavy (non-hydrogen) atoms. The second kappa shape index (κ2) is 6.91. The molecule has 3 atom stereocenters. The Kier molecular flexibility index (Phi) is 4.25. The highest BCUT2D eigenvalue weighted by Gasteiger charge is 2.63. The van der Waals surface area contributed by atoms with E-state index in [4.69, 9.17) is 0 Å². The number of hydrogen-bond donors (Lipinski definition) is 0. The van der Waals surface area contributed by atoms with Gasteiger partial charge < -0.3 is 9.80 Å². The molecule has 3 saturated heterocycles. The molecule has 3 aliphatic rings. The molecule has 4 amide bonds. The van der Waals surface area contributed by atoms with Crippen molar-refractivity contribution in [1.82, 2.24) is 19.6 Å². The van der Waals surface area contributed by atoms with Crippen LogP contribution in [0.5, 0.6) is 0 Å². The fourth-order valence-corrected chi connectivity index (χ4v) is 5.70. The zero-order valence-corrected chi connectivity index (χ0v) is 19.7. The Morgan fingerprint density at radius 3 is 2.53 bits per heavy atom. The number of hydrogen-bond acceptors (Lipinski definition) is 4. The Bertz CT molecular complexity index is 1370. The van der Waals surface area contributed by atoms with E-state index in [1.165, 1.54) is 4.90 Å². The number of anilines is 1. The number of benzene rings is 2. The average molecular weight is 458 g/mol. The highest BCUT2D eigenvalue weighted by atomic mass is 16.2. The number of likely N-dealkylation sites (tertiary alicyclic amines) is 1. The Morgan fingerprint density at radius 1 is 1.06 bits per heavy atom. The highest BCUT2D eigenvalue weighted by molar-refractivity contribution is 6.25. The number of amides is 4. The zero-order valence-electron chi connectivity index (χ0n) is 19.7. The highest BCUT2D eigenvalue weighted by Crippen LogP contribution is 2.44. The van der Waals surface area contributed by atoms with Gasteiger partial charge in [-0.3, -0.25) is 14.3 Å². The Hall–Kier alpha value is -3.68. The third-order valence-electron chi connectivity index (χ3n) is 7.40. The fraction of sp³-hybridized carbons (Fsp3) is 0.385. The Labute approximate surface area is 197 Å². The SMILES string of the molecule is Cn1nc(C(C)(C)C)cc1C(=O)N1CC2CC1[C@@H]1C(=O)N(c3cccc4ccccc34)C(=O)N21. The van der Waals surface area contributed by atoms with Crippen LogP contribution >= 0.6 is 0 Å². The summed E-state index contributed by atoms with van der Waals surface area (Å²) in [5, 5.41) is 6.37. The minimum Gasteiger partial charge on any atom is -0.330 e. The molecule has 3 aliphatic heterocycles. The summed E-state index contributed by atoms with van der Waals surface area (Å²) in [5.74, 6) is -0.395. The van der Waals surface area contributed by atoms with Crippen molar-refractivity contribution in [3.05, 3.63) is 59.9 Å². The van der Waals surface area contributed by atoms with E-state index >= 15 is 0 Å². The van der Waals surface area contributed by atoms with E-state index in [0.29, 0.717) is 24.3 Å². The number of carbonyl (C=O) groups is 3. The van der Waals surface area contributed by atoms with Gasteiger partial charge in [-0.1, -0.05) is 57.2 Å². The van der Waals surface area contributed by atoms with Crippen molar-refractivity contribution in [2.24, 2.45) is 7.05 Å². The summed E-state index contributed by atoms with van der Waals surface area (Å²) in [5.41, 5.74) is 1.77. The van der Waals surface area contributed by atoms with Gasteiger partial charge in [0.2, 0.25) is 0 Å². The first-order chi connectivity index (χ1) is 16.2. The van der Waals surface area contributed by atoms with Crippen molar-refractivity contribution < 1.29 is 14.4 Å². The molecule has 0 spiro atoms. The Balaban J connectivity index is 1.33. The van der Waals surface area contributed by atoms with Crippen molar-refractivity contribution in [3.63, 3.8) is 0 Å². The molecule has 2 aromatic carbocycles. The van der Waals surface area contributed by atoms with Gasteiger partial charge in [-0.25, -0.2) is 9.69 Å². The molecule has 1 aromatic heterocycles. The monoisotopic (exact) mass is 457 g/mol. The second-order valence-corrected chi connectivity index (χ2v) is 10.5. The maximum atomic E-state index is 13.6. The van der Waals surface area contributed by atoms with E-state index in [1.54, 1.807) is 21.5 Å². The number of aryl methyl sites for hydroxylation is 1. The number of aromatic nitrogens is 2. The van der Waals surface area contributed by atoms with Crippen LogP contribution in [0.2, 0.25) is 0 Å². The smallest absolute Gasteiger partial charge is 0.330 e. The first-order valence-electron chi connectivity index (χ1n) is 11.7. The van der Waals surface area contributed by atoms with Crippen LogP contribution in [0.1, 0.15) is 43.4 Å². The summed E-state index contributed by atoms with van der Waals surface area (Å²) in [6.45, 7) is 6.61. The molecule has 2 bridgehead atoms. The predicted octanol–water partition coefficient (Wildman–Crippen LogP) is 3.30. The third kappa shape index (κ3) is 2.77. The molecule has 4 heterocycles. The Morgan fingerprint density at radius 2 is 1.79 bits per heavy atom. The van der Waals surface area contributed by atoms with E-state index in [2.05, 4.69) is 25.9 Å². The first kappa shape index (κ1) is 20.9. The minimum absolute atomic E-state index is 0.137. The predicted molar refractivity (Wildman–Crippen MR) is 128 cm³/mol. The summed E-state index contributed by atoms with van der Waals surface area (Å²) in [6.07, 6.45) is 0.626. The molecule has 8 heteroatoms. The minimum atomic E-state index is -0.649. The van der Waals surface area contributed by atoms with Gasteiger partial charge in [-0.05, 0) is 23.9 Å². The van der Waals surface area contributed by atoms with Crippen molar-refractivity contribution >= 4 is 34.3 Å². The number of urea groups is 1. The zero-order chi connectivity index (χ0) is 23.9. The van der Waals surface area contributed by atoms with Crippen LogP contribution in [0, 0.1) is 0 Å². The summed E-state index contributed by atoms with van der Waals surface area (Å²) >= 11 is 0. The van der Waals surface area contributed by atoms with Gasteiger partial charge >= 0.3 is 6.03 Å². The molecule has 0 radical (unpaired) electrons. The third-order valence-corrected chi connectivity index (χ3v) is 7.40. The van der Waals surface area contributed by atoms with E-state index < -0.39 is 6.04 Å². The molecule has 3 aromatic rings. The van der Waals surface area contributed by atoms with Crippen LogP contribution in [0.3, 0.4) is 0 Å². The van der Waals surface area contributed by atoms with Gasteiger partial charge in [0.15, 0.2) is 0 Å². The van der Waals surface area contributed by atoms with Gasteiger partial charge in [0.05, 0.1) is 23.5 Å². The summed E-state index contributed by atoms with van der Waals surface area (Å²) < 4.78 is 1.62. The molecule has 8 nitrogen and oxygen atoms in total. The molecular formula is C26H27N5O3. The number of rotatable bonds is 2. The second-order valence-electron chi connectivity index (χ2n) is 10.5. The normalized spacial score (nSPS) is 24.0. The molecule has 2 unspecified atom stereocenters. The topological polar surface area (TPSA) is 78.8 Å². The lowest BCUT2D eigenvalue weighted by molar-refractivity contribution is -0.121. The number of fused-ring (bicyclic) bond motifs is 6. The van der Waals surface area contributed by atoms with Gasteiger partial charge in [0.25, 0.3) is 11.8 Å². The lowest BCUT2D eigenvalue weighted by Crippen LogP contribution is -2.55. The summed E-state index contributed by atoms with van der Waals surface area (Å²) in [4.78, 5) is 45.4. The van der Waals surface area contributed by atoms with Crippen molar-refractivity contribution in [2.45, 2.75) is 50.7 Å². The molecular weight excluding hydrogens is 430 g/mol. The fourth-order valence-electron chi connectivity index (χ4n) is 5.70. The van der Waals surface area contributed by atoms with Crippen LogP contribution in [-0.4, -0.2) is 62.1 Å². The first-order valence-corrected chi connectivity index (χ1v) is 11.7. The van der Waals surface area contributed by atoms with Crippen molar-refractivity contribution in [1.29, 1.82) is 0 Å². The lowest BCUT2D eigenvalue weighted by Gasteiger charge is -2.34. The van der Waals surface area contributed by atoms with Crippen molar-refractivity contribution in [3.8, 4) is 0 Å². The largest absolute Gasteiger partial charge is 0.332 e. The quantitative estimate of drug-likeness (QED) is 0.553. The van der Waals surface area contributed by atoms with Crippen LogP contribution in [0.15, 0.2) is 48.5 Å². The van der Waals surface area contributed by atoms with Gasteiger partial charge in [-0.15, -0.1) is 0 Å². The maximum Gasteiger partial charge on any atom is 0.332 e. The number of piperazine rings is 1. The van der Waals surface area contributed by atoms with Crippen LogP contribution in [-0.2, 0) is 17.3 Å². The summed E-state index contributed by atoms with van der Waals surface area (Å²) in [6, 6.07) is 13.8. The average Bonchev–Trinajstić information content (AvgIpc) is 3.55. The molecule has 6 rings (SSSR count). The van der Waals surface area contributed by atoms with Crippen LogP contribution in [0.25, 0.3) is 10.8 Å². The van der Waals surface area contributed by atoms with Gasteiger partial charge in [-0.2, -0.15) is 5.10 Å². The van der Waals surface area contributed by atoms with E-state index in [0.717, 1.165) is 16.5 Å². The number of imide groups is 1. The van der Waals surface area contributed by atoms with Gasteiger partial charge in [0.1, 0.15) is 11.7 Å². The van der Waals surface area contributed by atoms with Crippen LogP contribution in [0.4, 0.5) is 10.5 Å². The lowest BCUT2D eigenvalue weighted by atomic mass is 9.92. The number of nitrogens with zero attached hydrogens (tertiary/aromatic N) is 5. The standard InChI is InChI=1S/C26H27N5O3/c1-26(2,3)21-13-20(28(4)27-21)23(32)29-14-16-12-19(29)22-24(33)31(25(34)30(16)22)18-11-7-9-15-8-5-6-10-17(15)18/h5-11,13,16,19,22H,12,14H2,1-4H3/t16?,19?,22-/m1/s1. The van der Waals surface area contributed by atoms with Gasteiger partial charge in [0, 0.05) is 24.4 Å². The maximum absolute atomic E-state index is 13.6. The van der Waals surface area contributed by atoms with Crippen LogP contribution < -0.4 is 4.90 Å². The summed E-state index contributed by atoms with van der Waals surface area (Å²) in [7, 11) is 1.77. The molecule has 3 fully saturated rings. The molecule has 0 saturated carbocycles. The van der Waals surface area contributed by atoms with E-state index in [-0.39, 0.29) is 35.3 Å². The molecule has 0 N–H and O–H groups in total.